The van der Waals surface area contributed by atoms with Gasteiger partial charge in [-0.15, -0.1) is 11.8 Å². The molecule has 142 valence electrons. The number of anilines is 1. The second-order valence-corrected chi connectivity index (χ2v) is 9.24. The minimum absolute atomic E-state index is 0.528. The maximum Gasteiger partial charge on any atom is 0.0639 e. The van der Waals surface area contributed by atoms with Crippen LogP contribution in [0.2, 0.25) is 0 Å². The molecular formula is C22H32N2S2. The van der Waals surface area contributed by atoms with Crippen LogP contribution in [-0.2, 0) is 0 Å². The lowest BCUT2D eigenvalue weighted by molar-refractivity contribution is 0.320. The Balaban J connectivity index is 1.68. The average molecular weight is 389 g/mol. The van der Waals surface area contributed by atoms with Crippen molar-refractivity contribution in [1.82, 2.24) is 4.90 Å². The van der Waals surface area contributed by atoms with E-state index in [9.17, 15) is 0 Å². The molecule has 1 heterocycles. The maximum atomic E-state index is 2.67. The fraction of sp³-hybridized carbons (Fsp3) is 0.545. The Labute approximate surface area is 168 Å². The lowest BCUT2D eigenvalue weighted by Crippen LogP contribution is -2.40. The number of fused-ring (bicyclic) bond motifs is 2. The van der Waals surface area contributed by atoms with E-state index < -0.39 is 0 Å². The summed E-state index contributed by atoms with van der Waals surface area (Å²) in [5.74, 6) is 0. The Kier molecular flexibility index (Phi) is 7.59. The first-order chi connectivity index (χ1) is 12.7. The first-order valence-corrected chi connectivity index (χ1v) is 11.9. The van der Waals surface area contributed by atoms with Crippen molar-refractivity contribution < 1.29 is 0 Å². The number of thioether (sulfide) groups is 2. The molecule has 4 heteroatoms. The lowest BCUT2D eigenvalue weighted by atomic mass is 10.0. The molecule has 1 aliphatic heterocycles. The van der Waals surface area contributed by atoms with E-state index in [4.69, 9.17) is 0 Å². The van der Waals surface area contributed by atoms with E-state index in [-0.39, 0.29) is 0 Å². The third kappa shape index (κ3) is 4.90. The van der Waals surface area contributed by atoms with Crippen molar-refractivity contribution in [3.8, 4) is 0 Å². The molecule has 0 spiro atoms. The molecular weight excluding hydrogens is 356 g/mol. The van der Waals surface area contributed by atoms with Crippen LogP contribution in [0.1, 0.15) is 39.0 Å². The Morgan fingerprint density at radius 3 is 2.88 bits per heavy atom. The van der Waals surface area contributed by atoms with Gasteiger partial charge >= 0.3 is 0 Å². The quantitative estimate of drug-likeness (QED) is 0.375. The van der Waals surface area contributed by atoms with Crippen LogP contribution in [0.25, 0.3) is 0 Å². The summed E-state index contributed by atoms with van der Waals surface area (Å²) >= 11 is 3.81. The second kappa shape index (κ2) is 9.91. The highest BCUT2D eigenvalue weighted by Gasteiger charge is 2.30. The van der Waals surface area contributed by atoms with Crippen LogP contribution in [0.3, 0.4) is 0 Å². The highest BCUT2D eigenvalue weighted by Crippen LogP contribution is 2.47. The predicted molar refractivity (Wildman–Crippen MR) is 119 cm³/mol. The van der Waals surface area contributed by atoms with Gasteiger partial charge < -0.3 is 9.80 Å². The van der Waals surface area contributed by atoms with Crippen LogP contribution in [0.15, 0.2) is 51.1 Å². The van der Waals surface area contributed by atoms with Crippen molar-refractivity contribution in [2.75, 3.05) is 37.8 Å². The summed E-state index contributed by atoms with van der Waals surface area (Å²) in [5, 5.41) is 0. The summed E-state index contributed by atoms with van der Waals surface area (Å²) < 4.78 is 0. The standard InChI is InChI=1S/C22H32N2S2/c1-4-5-8-14-23(2)15-9-16-24-19-10-6-7-11-21(19)26-22-13-12-18(25-3)17-20(22)24/h6-7,11-13,17,19H,4-5,8-10,14-16H2,1-3H3. The van der Waals surface area contributed by atoms with E-state index in [1.807, 2.05) is 23.5 Å². The molecule has 3 rings (SSSR count). The molecule has 1 aromatic rings. The van der Waals surface area contributed by atoms with E-state index >= 15 is 0 Å². The zero-order valence-electron chi connectivity index (χ0n) is 16.4. The predicted octanol–water partition coefficient (Wildman–Crippen LogP) is 6.05. The monoisotopic (exact) mass is 388 g/mol. The highest BCUT2D eigenvalue weighted by molar-refractivity contribution is 8.03. The molecule has 1 atom stereocenters. The Hall–Kier alpha value is -0.840. The van der Waals surface area contributed by atoms with Crippen molar-refractivity contribution in [3.05, 3.63) is 41.3 Å². The van der Waals surface area contributed by atoms with Gasteiger partial charge in [0.05, 0.1) is 11.7 Å². The molecule has 2 aliphatic rings. The van der Waals surface area contributed by atoms with Crippen LogP contribution in [0.4, 0.5) is 5.69 Å². The number of allylic oxidation sites excluding steroid dienone is 2. The highest BCUT2D eigenvalue weighted by atomic mass is 32.2. The van der Waals surface area contributed by atoms with Gasteiger partial charge in [0.1, 0.15) is 0 Å². The molecule has 0 amide bonds. The van der Waals surface area contributed by atoms with Gasteiger partial charge in [-0.25, -0.2) is 0 Å². The van der Waals surface area contributed by atoms with Gasteiger partial charge in [0.25, 0.3) is 0 Å². The summed E-state index contributed by atoms with van der Waals surface area (Å²) in [4.78, 5) is 9.46. The summed E-state index contributed by atoms with van der Waals surface area (Å²) in [6, 6.07) is 7.49. The number of benzene rings is 1. The van der Waals surface area contributed by atoms with E-state index in [1.54, 1.807) is 0 Å². The van der Waals surface area contributed by atoms with Crippen molar-refractivity contribution in [3.63, 3.8) is 0 Å². The largest absolute Gasteiger partial charge is 0.363 e. The second-order valence-electron chi connectivity index (χ2n) is 7.24. The van der Waals surface area contributed by atoms with E-state index in [2.05, 4.69) is 66.5 Å². The smallest absolute Gasteiger partial charge is 0.0639 e. The third-order valence-electron chi connectivity index (χ3n) is 5.25. The SMILES string of the molecule is CCCCCN(C)CCCN1c2cc(SC)ccc2SC2=CC=CCC21. The van der Waals surface area contributed by atoms with Crippen molar-refractivity contribution in [2.24, 2.45) is 0 Å². The Bertz CT molecular complexity index is 654. The lowest BCUT2D eigenvalue weighted by Gasteiger charge is -2.41. The molecule has 26 heavy (non-hydrogen) atoms. The molecule has 2 nitrogen and oxygen atoms in total. The van der Waals surface area contributed by atoms with Gasteiger partial charge in [-0.3, -0.25) is 0 Å². The third-order valence-corrected chi connectivity index (χ3v) is 7.18. The molecule has 1 aromatic carbocycles. The molecule has 0 bridgehead atoms. The van der Waals surface area contributed by atoms with Crippen LogP contribution in [0.5, 0.6) is 0 Å². The number of rotatable bonds is 9. The fourth-order valence-electron chi connectivity index (χ4n) is 3.74. The first kappa shape index (κ1) is 19.9. The fourth-order valence-corrected chi connectivity index (χ4v) is 5.35. The van der Waals surface area contributed by atoms with Crippen molar-refractivity contribution >= 4 is 29.2 Å². The number of hydrogen-bond donors (Lipinski definition) is 0. The number of hydrogen-bond acceptors (Lipinski definition) is 4. The van der Waals surface area contributed by atoms with Crippen molar-refractivity contribution in [2.45, 2.75) is 54.9 Å². The molecule has 1 aliphatic carbocycles. The Morgan fingerprint density at radius 1 is 1.23 bits per heavy atom. The van der Waals surface area contributed by atoms with Gasteiger partial charge in [0, 0.05) is 21.2 Å². The molecule has 0 N–H and O–H groups in total. The minimum Gasteiger partial charge on any atom is -0.363 e. The van der Waals surface area contributed by atoms with Crippen LogP contribution < -0.4 is 4.90 Å². The summed E-state index contributed by atoms with van der Waals surface area (Å²) in [5.41, 5.74) is 1.44. The number of unbranched alkanes of at least 4 members (excludes halogenated alkanes) is 2. The minimum atomic E-state index is 0.528. The van der Waals surface area contributed by atoms with Gasteiger partial charge in [0.15, 0.2) is 0 Å². The summed E-state index contributed by atoms with van der Waals surface area (Å²) in [6.07, 6.45) is 15.4. The maximum absolute atomic E-state index is 2.67. The van der Waals surface area contributed by atoms with Crippen LogP contribution >= 0.6 is 23.5 Å². The van der Waals surface area contributed by atoms with Gasteiger partial charge in [0.2, 0.25) is 0 Å². The normalized spacial score (nSPS) is 18.7. The zero-order chi connectivity index (χ0) is 18.4. The van der Waals surface area contributed by atoms with Gasteiger partial charge in [-0.2, -0.15) is 0 Å². The van der Waals surface area contributed by atoms with Gasteiger partial charge in [-0.05, 0) is 63.9 Å². The van der Waals surface area contributed by atoms with Gasteiger partial charge in [-0.1, -0.05) is 49.8 Å². The Morgan fingerprint density at radius 2 is 2.08 bits per heavy atom. The molecule has 1 unspecified atom stereocenters. The van der Waals surface area contributed by atoms with E-state index in [1.165, 1.54) is 59.2 Å². The van der Waals surface area contributed by atoms with Crippen molar-refractivity contribution in [1.29, 1.82) is 0 Å². The van der Waals surface area contributed by atoms with Crippen LogP contribution in [-0.4, -0.2) is 43.9 Å². The number of nitrogens with zero attached hydrogens (tertiary/aromatic N) is 2. The zero-order valence-corrected chi connectivity index (χ0v) is 18.0. The summed E-state index contributed by atoms with van der Waals surface area (Å²) in [6.45, 7) is 5.83. The van der Waals surface area contributed by atoms with E-state index in [0.717, 1.165) is 13.0 Å². The molecule has 0 fully saturated rings. The average Bonchev–Trinajstić information content (AvgIpc) is 2.67. The van der Waals surface area contributed by atoms with Crippen LogP contribution in [0, 0.1) is 0 Å². The summed E-state index contributed by atoms with van der Waals surface area (Å²) in [7, 11) is 2.27. The molecule has 0 saturated carbocycles. The van der Waals surface area contributed by atoms with E-state index in [0.29, 0.717) is 6.04 Å². The molecule has 0 radical (unpaired) electrons. The first-order valence-electron chi connectivity index (χ1n) is 9.90. The molecule has 0 saturated heterocycles. The topological polar surface area (TPSA) is 6.48 Å². The molecule has 0 aromatic heterocycles.